The topological polar surface area (TPSA) is 17.1 Å². The maximum absolute atomic E-state index is 11.1. The second-order valence-electron chi connectivity index (χ2n) is 4.68. The average Bonchev–Trinajstić information content (AvgIpc) is 2.48. The molecule has 0 saturated heterocycles. The summed E-state index contributed by atoms with van der Waals surface area (Å²) >= 11 is 0. The second kappa shape index (κ2) is 8.87. The summed E-state index contributed by atoms with van der Waals surface area (Å²) < 4.78 is 0. The normalized spacial score (nSPS) is 9.45. The molecular formula is C19H22O. The molecule has 0 fully saturated rings. The number of carbonyl (C=O) groups excluding carboxylic acids is 1. The second-order valence-corrected chi connectivity index (χ2v) is 4.68. The molecule has 0 N–H and O–H groups in total. The van der Waals surface area contributed by atoms with Crippen molar-refractivity contribution in [3.63, 3.8) is 0 Å². The monoisotopic (exact) mass is 266 g/mol. The zero-order valence-electron chi connectivity index (χ0n) is 12.1. The number of carbonyl (C=O) groups is 1. The summed E-state index contributed by atoms with van der Waals surface area (Å²) in [5.41, 5.74) is 3.78. The summed E-state index contributed by atoms with van der Waals surface area (Å²) in [6.07, 6.45) is 2.61. The fraction of sp³-hybridized carbons (Fsp3) is 0.211. The van der Waals surface area contributed by atoms with E-state index in [1.165, 1.54) is 11.1 Å². The van der Waals surface area contributed by atoms with Crippen LogP contribution < -0.4 is 0 Å². The van der Waals surface area contributed by atoms with Crippen LogP contribution in [0, 0.1) is 0 Å². The van der Waals surface area contributed by atoms with Crippen LogP contribution in [-0.2, 0) is 24.1 Å². The highest BCUT2D eigenvalue weighted by Crippen LogP contribution is 2.10. The Labute approximate surface area is 122 Å². The molecule has 0 saturated carbocycles. The minimum absolute atomic E-state index is 0.218. The Hall–Kier alpha value is -2.15. The largest absolute Gasteiger partial charge is 0.300 e. The Morgan fingerprint density at radius 2 is 1.40 bits per heavy atom. The van der Waals surface area contributed by atoms with Gasteiger partial charge >= 0.3 is 0 Å². The van der Waals surface area contributed by atoms with E-state index < -0.39 is 0 Å². The van der Waals surface area contributed by atoms with E-state index in [1.54, 1.807) is 6.92 Å². The highest BCUT2D eigenvalue weighted by atomic mass is 16.1. The number of benzene rings is 2. The first-order valence-corrected chi connectivity index (χ1v) is 6.85. The molecule has 0 aliphatic carbocycles. The number of rotatable bonds is 5. The van der Waals surface area contributed by atoms with Crippen molar-refractivity contribution in [3.8, 4) is 0 Å². The zero-order valence-corrected chi connectivity index (χ0v) is 12.1. The summed E-state index contributed by atoms with van der Waals surface area (Å²) in [5, 5.41) is 0. The summed E-state index contributed by atoms with van der Waals surface area (Å²) in [6.45, 7) is 7.64. The maximum Gasteiger partial charge on any atom is 0.134 e. The molecule has 0 heterocycles. The molecule has 1 nitrogen and oxygen atoms in total. The van der Waals surface area contributed by atoms with E-state index in [-0.39, 0.29) is 5.78 Å². The van der Waals surface area contributed by atoms with Crippen LogP contribution in [0.1, 0.15) is 23.6 Å². The molecule has 0 spiro atoms. The van der Waals surface area contributed by atoms with Crippen LogP contribution in [-0.4, -0.2) is 5.78 Å². The van der Waals surface area contributed by atoms with E-state index in [0.717, 1.165) is 18.4 Å². The molecule has 0 aliphatic rings. The molecule has 0 bridgehead atoms. The molecule has 0 aromatic heterocycles. The van der Waals surface area contributed by atoms with Gasteiger partial charge in [-0.15, -0.1) is 13.2 Å². The standard InChI is InChI=1S/C17H18O.C2H4/c1-14(18)12-17-9-5-8-16(13-17)11-10-15-6-3-2-4-7-15;1-2/h2-9,13H,10-12H2,1H3;1-2H2. The molecule has 104 valence electrons. The smallest absolute Gasteiger partial charge is 0.134 e. The summed E-state index contributed by atoms with van der Waals surface area (Å²) in [6, 6.07) is 18.8. The Morgan fingerprint density at radius 1 is 0.850 bits per heavy atom. The number of aryl methyl sites for hydroxylation is 2. The Morgan fingerprint density at radius 3 is 2.05 bits per heavy atom. The predicted molar refractivity (Wildman–Crippen MR) is 85.9 cm³/mol. The van der Waals surface area contributed by atoms with E-state index in [0.29, 0.717) is 6.42 Å². The van der Waals surface area contributed by atoms with E-state index in [4.69, 9.17) is 0 Å². The lowest BCUT2D eigenvalue weighted by atomic mass is 10.0. The first-order valence-electron chi connectivity index (χ1n) is 6.85. The van der Waals surface area contributed by atoms with Crippen LogP contribution in [0.2, 0.25) is 0 Å². The van der Waals surface area contributed by atoms with Gasteiger partial charge < -0.3 is 0 Å². The van der Waals surface area contributed by atoms with Crippen LogP contribution in [0.15, 0.2) is 67.8 Å². The van der Waals surface area contributed by atoms with Crippen LogP contribution in [0.3, 0.4) is 0 Å². The van der Waals surface area contributed by atoms with Crippen LogP contribution in [0.4, 0.5) is 0 Å². The highest BCUT2D eigenvalue weighted by Gasteiger charge is 2.00. The molecule has 2 rings (SSSR count). The first kappa shape index (κ1) is 15.9. The van der Waals surface area contributed by atoms with E-state index in [9.17, 15) is 4.79 Å². The van der Waals surface area contributed by atoms with Crippen LogP contribution >= 0.6 is 0 Å². The van der Waals surface area contributed by atoms with Gasteiger partial charge in [0.2, 0.25) is 0 Å². The SMILES string of the molecule is C=C.CC(=O)Cc1cccc(CCc2ccccc2)c1. The van der Waals surface area contributed by atoms with Gasteiger partial charge in [-0.3, -0.25) is 4.79 Å². The van der Waals surface area contributed by atoms with Crippen LogP contribution in [0.5, 0.6) is 0 Å². The van der Waals surface area contributed by atoms with E-state index in [2.05, 4.69) is 49.6 Å². The van der Waals surface area contributed by atoms with Crippen molar-refractivity contribution >= 4 is 5.78 Å². The number of hydrogen-bond donors (Lipinski definition) is 0. The van der Waals surface area contributed by atoms with Gasteiger partial charge in [0, 0.05) is 6.42 Å². The Bertz CT molecular complexity index is 528. The van der Waals surface area contributed by atoms with E-state index in [1.807, 2.05) is 18.2 Å². The molecular weight excluding hydrogens is 244 g/mol. The van der Waals surface area contributed by atoms with Gasteiger partial charge in [0.1, 0.15) is 5.78 Å². The summed E-state index contributed by atoms with van der Waals surface area (Å²) in [7, 11) is 0. The van der Waals surface area contributed by atoms with Gasteiger partial charge in [0.05, 0.1) is 0 Å². The molecule has 0 atom stereocenters. The molecule has 0 aliphatic heterocycles. The van der Waals surface area contributed by atoms with Crippen molar-refractivity contribution in [2.45, 2.75) is 26.2 Å². The minimum atomic E-state index is 0.218. The van der Waals surface area contributed by atoms with Gasteiger partial charge in [-0.1, -0.05) is 54.6 Å². The minimum Gasteiger partial charge on any atom is -0.300 e. The van der Waals surface area contributed by atoms with Crippen molar-refractivity contribution in [2.24, 2.45) is 0 Å². The first-order chi connectivity index (χ1) is 9.74. The van der Waals surface area contributed by atoms with Crippen molar-refractivity contribution in [2.75, 3.05) is 0 Å². The molecule has 1 heteroatoms. The lowest BCUT2D eigenvalue weighted by Crippen LogP contribution is -1.98. The maximum atomic E-state index is 11.1. The van der Waals surface area contributed by atoms with Crippen molar-refractivity contribution in [1.82, 2.24) is 0 Å². The quantitative estimate of drug-likeness (QED) is 0.733. The zero-order chi connectivity index (χ0) is 14.8. The lowest BCUT2D eigenvalue weighted by Gasteiger charge is -2.04. The number of ketones is 1. The summed E-state index contributed by atoms with van der Waals surface area (Å²) in [5.74, 6) is 0.218. The Kier molecular flexibility index (Phi) is 7.05. The van der Waals surface area contributed by atoms with Gasteiger partial charge in [-0.25, -0.2) is 0 Å². The average molecular weight is 266 g/mol. The molecule has 20 heavy (non-hydrogen) atoms. The highest BCUT2D eigenvalue weighted by molar-refractivity contribution is 5.78. The molecule has 0 radical (unpaired) electrons. The van der Waals surface area contributed by atoms with Gasteiger partial charge in [0.25, 0.3) is 0 Å². The van der Waals surface area contributed by atoms with Crippen molar-refractivity contribution in [3.05, 3.63) is 84.4 Å². The molecule has 0 unspecified atom stereocenters. The summed E-state index contributed by atoms with van der Waals surface area (Å²) in [4.78, 5) is 11.1. The fourth-order valence-electron chi connectivity index (χ4n) is 2.12. The lowest BCUT2D eigenvalue weighted by molar-refractivity contribution is -0.116. The number of hydrogen-bond acceptors (Lipinski definition) is 1. The van der Waals surface area contributed by atoms with Crippen LogP contribution in [0.25, 0.3) is 0 Å². The fourth-order valence-corrected chi connectivity index (χ4v) is 2.12. The van der Waals surface area contributed by atoms with E-state index >= 15 is 0 Å². The van der Waals surface area contributed by atoms with Gasteiger partial charge in [-0.05, 0) is 36.5 Å². The molecule has 2 aromatic rings. The third kappa shape index (κ3) is 5.66. The third-order valence-electron chi connectivity index (χ3n) is 2.99. The van der Waals surface area contributed by atoms with Crippen molar-refractivity contribution in [1.29, 1.82) is 0 Å². The van der Waals surface area contributed by atoms with Crippen molar-refractivity contribution < 1.29 is 4.79 Å². The third-order valence-corrected chi connectivity index (χ3v) is 2.99. The van der Waals surface area contributed by atoms with Gasteiger partial charge in [-0.2, -0.15) is 0 Å². The molecule has 2 aromatic carbocycles. The Balaban J connectivity index is 0.000000956. The number of Topliss-reactive ketones (excluding diaryl/α,β-unsaturated/α-hetero) is 1. The predicted octanol–water partition coefficient (Wildman–Crippen LogP) is 4.41. The molecule has 0 amide bonds. The van der Waals surface area contributed by atoms with Gasteiger partial charge in [0.15, 0.2) is 0 Å².